The van der Waals surface area contributed by atoms with Crippen LogP contribution in [-0.4, -0.2) is 47.4 Å². The average Bonchev–Trinajstić information content (AvgIpc) is 3.54. The normalized spacial score (nSPS) is 20.3. The van der Waals surface area contributed by atoms with E-state index >= 15 is 0 Å². The van der Waals surface area contributed by atoms with Gasteiger partial charge in [-0.05, 0) is 55.7 Å². The Labute approximate surface area is 200 Å². The maximum Gasteiger partial charge on any atom is 0.322 e. The van der Waals surface area contributed by atoms with Gasteiger partial charge in [-0.25, -0.2) is 13.6 Å². The minimum atomic E-state index is -0.648. The van der Waals surface area contributed by atoms with Crippen molar-refractivity contribution in [3.8, 4) is 17.1 Å². The second kappa shape index (κ2) is 9.46. The van der Waals surface area contributed by atoms with E-state index in [1.807, 2.05) is 0 Å². The van der Waals surface area contributed by atoms with Crippen LogP contribution in [0, 0.1) is 11.6 Å². The Kier molecular flexibility index (Phi) is 6.21. The topological polar surface area (TPSA) is 89.7 Å². The van der Waals surface area contributed by atoms with E-state index in [0.29, 0.717) is 35.5 Å². The van der Waals surface area contributed by atoms with Crippen LogP contribution in [0.5, 0.6) is 5.75 Å². The first-order valence-corrected chi connectivity index (χ1v) is 11.3. The van der Waals surface area contributed by atoms with Crippen LogP contribution in [0.2, 0.25) is 0 Å². The lowest BCUT2D eigenvalue weighted by Crippen LogP contribution is -2.48. The molecular formula is C25H24F2N4O4. The Balaban J connectivity index is 1.56. The minimum Gasteiger partial charge on any atom is -0.494 e. The van der Waals surface area contributed by atoms with Gasteiger partial charge in [0.05, 0.1) is 31.4 Å². The fourth-order valence-electron chi connectivity index (χ4n) is 4.43. The summed E-state index contributed by atoms with van der Waals surface area (Å²) in [6, 6.07) is 9.27. The second-order valence-electron chi connectivity index (χ2n) is 8.45. The number of amides is 2. The zero-order valence-electron chi connectivity index (χ0n) is 19.3. The molecule has 1 saturated heterocycles. The number of urea groups is 1. The molecule has 0 saturated carbocycles. The molecule has 3 heterocycles. The lowest BCUT2D eigenvalue weighted by molar-refractivity contribution is 0.0877. The highest BCUT2D eigenvalue weighted by Gasteiger charge is 2.37. The number of carbonyl (C=O) groups is 1. The molecule has 3 aromatic rings. The summed E-state index contributed by atoms with van der Waals surface area (Å²) in [5.41, 5.74) is 2.25. The molecule has 2 aromatic carbocycles. The van der Waals surface area contributed by atoms with E-state index in [1.165, 1.54) is 31.4 Å². The van der Waals surface area contributed by atoms with Gasteiger partial charge in [0.2, 0.25) is 5.82 Å². The Morgan fingerprint density at radius 2 is 2.00 bits per heavy atom. The molecule has 5 rings (SSSR count). The third-order valence-electron chi connectivity index (χ3n) is 6.28. The summed E-state index contributed by atoms with van der Waals surface area (Å²) in [6.45, 7) is 2.85. The van der Waals surface area contributed by atoms with Crippen molar-refractivity contribution in [1.29, 1.82) is 0 Å². The van der Waals surface area contributed by atoms with E-state index in [9.17, 15) is 13.6 Å². The summed E-state index contributed by atoms with van der Waals surface area (Å²) in [6.07, 6.45) is 1.74. The van der Waals surface area contributed by atoms with E-state index in [-0.39, 0.29) is 35.4 Å². The molecule has 2 aliphatic rings. The van der Waals surface area contributed by atoms with Crippen molar-refractivity contribution in [3.63, 3.8) is 0 Å². The van der Waals surface area contributed by atoms with Crippen LogP contribution in [0.1, 0.15) is 37.3 Å². The minimum absolute atomic E-state index is 0.0696. The van der Waals surface area contributed by atoms with E-state index in [2.05, 4.69) is 15.5 Å². The number of methoxy groups -OCH3 is 1. The Morgan fingerprint density at radius 1 is 1.20 bits per heavy atom. The molecule has 1 N–H and O–H groups in total. The van der Waals surface area contributed by atoms with E-state index in [1.54, 1.807) is 30.0 Å². The van der Waals surface area contributed by atoms with Crippen molar-refractivity contribution in [2.45, 2.75) is 31.9 Å². The van der Waals surface area contributed by atoms with E-state index in [0.717, 1.165) is 12.8 Å². The fraction of sp³-hybridized carbons (Fsp3) is 0.320. The largest absolute Gasteiger partial charge is 0.494 e. The molecule has 2 aliphatic heterocycles. The quantitative estimate of drug-likeness (QED) is 0.548. The molecule has 0 radical (unpaired) electrons. The average molecular weight is 482 g/mol. The van der Waals surface area contributed by atoms with Crippen LogP contribution in [0.25, 0.3) is 17.0 Å². The first-order chi connectivity index (χ1) is 16.9. The lowest BCUT2D eigenvalue weighted by atomic mass is 9.94. The van der Waals surface area contributed by atoms with Gasteiger partial charge in [0.15, 0.2) is 11.6 Å². The molecule has 8 nitrogen and oxygen atoms in total. The van der Waals surface area contributed by atoms with Crippen molar-refractivity contribution < 1.29 is 27.6 Å². The predicted molar refractivity (Wildman–Crippen MR) is 122 cm³/mol. The van der Waals surface area contributed by atoms with Crippen LogP contribution >= 0.6 is 0 Å². The molecule has 2 amide bonds. The Hall–Kier alpha value is -3.79. The summed E-state index contributed by atoms with van der Waals surface area (Å²) in [5, 5.41) is 7.01. The third-order valence-corrected chi connectivity index (χ3v) is 6.28. The van der Waals surface area contributed by atoms with Crippen molar-refractivity contribution in [3.05, 3.63) is 71.3 Å². The molecule has 1 aromatic heterocycles. The van der Waals surface area contributed by atoms with Gasteiger partial charge in [0.25, 0.3) is 5.89 Å². The van der Waals surface area contributed by atoms with Crippen LogP contribution in [0.4, 0.5) is 13.6 Å². The number of ether oxygens (including phenoxy) is 2. The van der Waals surface area contributed by atoms with Gasteiger partial charge in [-0.15, -0.1) is 0 Å². The van der Waals surface area contributed by atoms with Crippen LogP contribution in [0.15, 0.2) is 52.7 Å². The number of allylic oxidation sites excluding steroid dienone is 1. The standard InChI is InChI=1S/C25H24F2N4O4/c1-14-21(24-29-23(30-35-24)16-7-10-20(33-2)19(27)12-16)22(15-5-8-17(26)9-6-15)28-25(32)31(14)13-18-4-3-11-34-18/h5-10,12,18,22H,3-4,11,13H2,1-2H3,(H,28,32). The van der Waals surface area contributed by atoms with Gasteiger partial charge in [0, 0.05) is 17.9 Å². The molecule has 0 spiro atoms. The summed E-state index contributed by atoms with van der Waals surface area (Å²) in [7, 11) is 1.38. The third kappa shape index (κ3) is 4.49. The number of hydrogen-bond acceptors (Lipinski definition) is 6. The predicted octanol–water partition coefficient (Wildman–Crippen LogP) is 4.70. The SMILES string of the molecule is COc1ccc(-c2noc(C3=C(C)N(CC4CCCO4)C(=O)NC3c3ccc(F)cc3)n2)cc1F. The Bertz CT molecular complexity index is 1270. The van der Waals surface area contributed by atoms with Gasteiger partial charge in [0.1, 0.15) is 5.82 Å². The summed E-state index contributed by atoms with van der Waals surface area (Å²) in [5.74, 6) is -0.488. The highest BCUT2D eigenvalue weighted by Crippen LogP contribution is 2.38. The van der Waals surface area contributed by atoms with Gasteiger partial charge >= 0.3 is 6.03 Å². The van der Waals surface area contributed by atoms with Crippen molar-refractivity contribution >= 4 is 11.6 Å². The van der Waals surface area contributed by atoms with Gasteiger partial charge in [-0.2, -0.15) is 4.98 Å². The summed E-state index contributed by atoms with van der Waals surface area (Å²) in [4.78, 5) is 19.2. The lowest BCUT2D eigenvalue weighted by Gasteiger charge is -2.36. The van der Waals surface area contributed by atoms with E-state index in [4.69, 9.17) is 14.0 Å². The highest BCUT2D eigenvalue weighted by molar-refractivity contribution is 5.87. The molecule has 35 heavy (non-hydrogen) atoms. The van der Waals surface area contributed by atoms with Crippen LogP contribution in [0.3, 0.4) is 0 Å². The zero-order chi connectivity index (χ0) is 24.5. The van der Waals surface area contributed by atoms with E-state index < -0.39 is 11.9 Å². The monoisotopic (exact) mass is 482 g/mol. The molecule has 2 atom stereocenters. The molecule has 2 unspecified atom stereocenters. The highest BCUT2D eigenvalue weighted by atomic mass is 19.1. The smallest absolute Gasteiger partial charge is 0.322 e. The summed E-state index contributed by atoms with van der Waals surface area (Å²) >= 11 is 0. The number of nitrogens with zero attached hydrogens (tertiary/aromatic N) is 3. The molecule has 0 bridgehead atoms. The zero-order valence-corrected chi connectivity index (χ0v) is 19.3. The number of benzene rings is 2. The van der Waals surface area contributed by atoms with Crippen LogP contribution in [-0.2, 0) is 4.74 Å². The number of hydrogen-bond donors (Lipinski definition) is 1. The van der Waals surface area contributed by atoms with Crippen molar-refractivity contribution in [2.75, 3.05) is 20.3 Å². The van der Waals surface area contributed by atoms with Gasteiger partial charge in [-0.1, -0.05) is 17.3 Å². The molecular weight excluding hydrogens is 458 g/mol. The summed E-state index contributed by atoms with van der Waals surface area (Å²) < 4.78 is 44.1. The van der Waals surface area contributed by atoms with Crippen molar-refractivity contribution in [2.24, 2.45) is 0 Å². The maximum atomic E-state index is 14.2. The molecule has 10 heteroatoms. The molecule has 182 valence electrons. The fourth-order valence-corrected chi connectivity index (χ4v) is 4.43. The Morgan fingerprint density at radius 3 is 2.69 bits per heavy atom. The maximum absolute atomic E-state index is 14.2. The number of aromatic nitrogens is 2. The first kappa shape index (κ1) is 23.0. The van der Waals surface area contributed by atoms with Crippen molar-refractivity contribution in [1.82, 2.24) is 20.4 Å². The van der Waals surface area contributed by atoms with Gasteiger partial charge < -0.3 is 19.3 Å². The second-order valence-corrected chi connectivity index (χ2v) is 8.45. The number of halogens is 2. The van der Waals surface area contributed by atoms with Gasteiger partial charge in [-0.3, -0.25) is 4.90 Å². The number of rotatable bonds is 6. The first-order valence-electron chi connectivity index (χ1n) is 11.3. The van der Waals surface area contributed by atoms with Crippen LogP contribution < -0.4 is 10.1 Å². The molecule has 0 aliphatic carbocycles. The number of carbonyl (C=O) groups excluding carboxylic acids is 1. The number of nitrogens with one attached hydrogen (secondary N) is 1. The molecule has 1 fully saturated rings.